The summed E-state index contributed by atoms with van der Waals surface area (Å²) < 4.78 is 7.75. The minimum absolute atomic E-state index is 0.0697. The van der Waals surface area contributed by atoms with Crippen molar-refractivity contribution in [3.05, 3.63) is 64.2 Å². The maximum absolute atomic E-state index is 12.9. The fourth-order valence-corrected chi connectivity index (χ4v) is 4.93. The first kappa shape index (κ1) is 19.8. The molecule has 1 saturated heterocycles. The van der Waals surface area contributed by atoms with Crippen LogP contribution in [0.5, 0.6) is 5.75 Å². The topological polar surface area (TPSA) is 106 Å². The smallest absolute Gasteiger partial charge is 0.341 e. The molecule has 0 bridgehead atoms. The Morgan fingerprint density at radius 1 is 1.21 bits per heavy atom. The number of methoxy groups -OCH3 is 1. The van der Waals surface area contributed by atoms with Crippen LogP contribution in [0.15, 0.2) is 52.7 Å². The zero-order valence-corrected chi connectivity index (χ0v) is 18.0. The van der Waals surface area contributed by atoms with Gasteiger partial charge in [-0.05, 0) is 37.1 Å². The number of carboxylic acids is 1. The molecule has 2 aliphatic heterocycles. The number of carboxylic acid groups (broad SMARTS) is 1. The number of carbonyl (C=O) groups is 1. The number of aromatic nitrogens is 2. The maximum atomic E-state index is 12.9. The van der Waals surface area contributed by atoms with Crippen molar-refractivity contribution < 1.29 is 19.5 Å². The highest BCUT2D eigenvalue weighted by molar-refractivity contribution is 6.02. The number of nitrogens with zero attached hydrogens (tertiary/aromatic N) is 4. The molecule has 9 heteroatoms. The normalized spacial score (nSPS) is 21.6. The maximum Gasteiger partial charge on any atom is 0.341 e. The quantitative estimate of drug-likeness (QED) is 0.642. The second-order valence-corrected chi connectivity index (χ2v) is 8.68. The average molecular weight is 446 g/mol. The second-order valence-electron chi connectivity index (χ2n) is 8.68. The average Bonchev–Trinajstić information content (AvgIpc) is 3.46. The van der Waals surface area contributed by atoms with Gasteiger partial charge in [-0.2, -0.15) is 0 Å². The van der Waals surface area contributed by atoms with E-state index in [0.717, 1.165) is 29.9 Å². The fraction of sp³-hybridized carbons (Fsp3) is 0.333. The van der Waals surface area contributed by atoms with Gasteiger partial charge in [0.15, 0.2) is 11.9 Å². The first-order valence-electron chi connectivity index (χ1n) is 11.0. The van der Waals surface area contributed by atoms with Gasteiger partial charge in [-0.3, -0.25) is 9.78 Å². The molecule has 1 aromatic carbocycles. The Hall–Kier alpha value is -3.88. The van der Waals surface area contributed by atoms with E-state index >= 15 is 0 Å². The summed E-state index contributed by atoms with van der Waals surface area (Å²) in [5.41, 5.74) is 2.42. The van der Waals surface area contributed by atoms with Gasteiger partial charge in [0.25, 0.3) is 0 Å². The molecule has 2 atom stereocenters. The van der Waals surface area contributed by atoms with Crippen molar-refractivity contribution in [3.8, 4) is 5.75 Å². The van der Waals surface area contributed by atoms with E-state index in [1.165, 1.54) is 6.20 Å². The molecule has 1 saturated carbocycles. The summed E-state index contributed by atoms with van der Waals surface area (Å²) in [7, 11) is 1.58. The highest BCUT2D eigenvalue weighted by Crippen LogP contribution is 2.44. The molecular formula is C24H22N4O5. The molecule has 4 heterocycles. The lowest BCUT2D eigenvalue weighted by Crippen LogP contribution is -2.25. The number of anilines is 1. The van der Waals surface area contributed by atoms with Crippen molar-refractivity contribution in [1.29, 1.82) is 0 Å². The van der Waals surface area contributed by atoms with Crippen molar-refractivity contribution in [2.24, 2.45) is 11.1 Å². The summed E-state index contributed by atoms with van der Waals surface area (Å²) in [6.45, 7) is 1.29. The van der Waals surface area contributed by atoms with Crippen LogP contribution in [0.3, 0.4) is 0 Å². The minimum atomic E-state index is -1.22. The van der Waals surface area contributed by atoms with Gasteiger partial charge in [-0.1, -0.05) is 11.2 Å². The molecule has 0 spiro atoms. The van der Waals surface area contributed by atoms with Gasteiger partial charge in [0.05, 0.1) is 41.9 Å². The van der Waals surface area contributed by atoms with Crippen molar-refractivity contribution in [1.82, 2.24) is 9.55 Å². The van der Waals surface area contributed by atoms with Gasteiger partial charge in [-0.25, -0.2) is 4.79 Å². The Kier molecular flexibility index (Phi) is 4.39. The summed E-state index contributed by atoms with van der Waals surface area (Å²) in [4.78, 5) is 36.9. The zero-order chi connectivity index (χ0) is 22.7. The van der Waals surface area contributed by atoms with E-state index in [-0.39, 0.29) is 23.6 Å². The molecule has 33 heavy (non-hydrogen) atoms. The molecule has 0 amide bonds. The van der Waals surface area contributed by atoms with Crippen LogP contribution in [0.2, 0.25) is 0 Å². The lowest BCUT2D eigenvalue weighted by atomic mass is 9.98. The Morgan fingerprint density at radius 2 is 2.06 bits per heavy atom. The van der Waals surface area contributed by atoms with Gasteiger partial charge >= 0.3 is 5.97 Å². The summed E-state index contributed by atoms with van der Waals surface area (Å²) in [6.07, 6.45) is 4.99. The molecule has 0 radical (unpaired) electrons. The number of hydrogen-bond acceptors (Lipinski definition) is 7. The minimum Gasteiger partial charge on any atom is -0.492 e. The van der Waals surface area contributed by atoms with Gasteiger partial charge in [0.2, 0.25) is 5.43 Å². The largest absolute Gasteiger partial charge is 0.492 e. The summed E-state index contributed by atoms with van der Waals surface area (Å²) in [6, 6.07) is 9.44. The molecule has 9 nitrogen and oxygen atoms in total. The van der Waals surface area contributed by atoms with Gasteiger partial charge in [-0.15, -0.1) is 0 Å². The molecule has 0 unspecified atom stereocenters. The predicted molar refractivity (Wildman–Crippen MR) is 121 cm³/mol. The fourth-order valence-electron chi connectivity index (χ4n) is 4.93. The van der Waals surface area contributed by atoms with Crippen LogP contribution >= 0.6 is 0 Å². The Bertz CT molecular complexity index is 1360. The van der Waals surface area contributed by atoms with Crippen molar-refractivity contribution in [3.63, 3.8) is 0 Å². The number of hydrogen-bond donors (Lipinski definition) is 1. The van der Waals surface area contributed by atoms with Gasteiger partial charge in [0, 0.05) is 25.0 Å². The van der Waals surface area contributed by atoms with E-state index in [9.17, 15) is 14.7 Å². The van der Waals surface area contributed by atoms with Crippen molar-refractivity contribution in [2.45, 2.75) is 25.0 Å². The molecule has 3 aliphatic rings. The summed E-state index contributed by atoms with van der Waals surface area (Å²) in [5, 5.41) is 14.2. The van der Waals surface area contributed by atoms with Crippen LogP contribution in [0.1, 0.15) is 34.9 Å². The molecule has 2 aromatic heterocycles. The summed E-state index contributed by atoms with van der Waals surface area (Å²) in [5.74, 6) is -0.574. The lowest BCUT2D eigenvalue weighted by Gasteiger charge is -2.24. The second kappa shape index (κ2) is 7.33. The van der Waals surface area contributed by atoms with Crippen LogP contribution in [-0.4, -0.2) is 52.6 Å². The van der Waals surface area contributed by atoms with E-state index in [1.54, 1.807) is 19.4 Å². The zero-order valence-electron chi connectivity index (χ0n) is 18.0. The van der Waals surface area contributed by atoms with E-state index in [1.807, 2.05) is 28.8 Å². The standard InChI is InChI=1S/C24H22N4O5/c1-32-23-18(27-10-15-19(12-27)33-26-20(15)17-4-2-3-9-25-17)8-7-14-21(23)28(13-5-6-13)11-16(22(14)29)24(30)31/h2-4,7-9,11,13,15,19H,5-6,10,12H2,1H3,(H,30,31)/t15-,19+/m1/s1. The first-order valence-corrected chi connectivity index (χ1v) is 11.0. The SMILES string of the molecule is COc1c(N2C[C@@H]3ON=C(c4ccccn4)[C@@H]3C2)ccc2c(=O)c(C(=O)O)cn(C3CC3)c12. The van der Waals surface area contributed by atoms with Crippen LogP contribution in [-0.2, 0) is 4.84 Å². The molecule has 1 N–H and O–H groups in total. The molecule has 6 rings (SSSR count). The highest BCUT2D eigenvalue weighted by Gasteiger charge is 2.44. The highest BCUT2D eigenvalue weighted by atomic mass is 16.6. The van der Waals surface area contributed by atoms with E-state index in [4.69, 9.17) is 9.57 Å². The third-order valence-electron chi connectivity index (χ3n) is 6.67. The number of rotatable bonds is 5. The van der Waals surface area contributed by atoms with Crippen molar-refractivity contribution >= 4 is 28.3 Å². The van der Waals surface area contributed by atoms with E-state index in [0.29, 0.717) is 29.7 Å². The van der Waals surface area contributed by atoms with Crippen LogP contribution in [0, 0.1) is 5.92 Å². The van der Waals surface area contributed by atoms with E-state index in [2.05, 4.69) is 15.0 Å². The Morgan fingerprint density at radius 3 is 2.76 bits per heavy atom. The Labute approximate surface area is 188 Å². The number of fused-ring (bicyclic) bond motifs is 2. The van der Waals surface area contributed by atoms with Crippen LogP contribution < -0.4 is 15.1 Å². The molecular weight excluding hydrogens is 424 g/mol. The third kappa shape index (κ3) is 3.06. The number of pyridine rings is 2. The molecule has 2 fully saturated rings. The van der Waals surface area contributed by atoms with Gasteiger partial charge in [0.1, 0.15) is 11.3 Å². The monoisotopic (exact) mass is 446 g/mol. The number of oxime groups is 1. The number of ether oxygens (including phenoxy) is 1. The molecule has 3 aromatic rings. The van der Waals surface area contributed by atoms with Crippen LogP contribution in [0.25, 0.3) is 10.9 Å². The predicted octanol–water partition coefficient (Wildman–Crippen LogP) is 2.68. The third-order valence-corrected chi connectivity index (χ3v) is 6.67. The first-order chi connectivity index (χ1) is 16.1. The Balaban J connectivity index is 1.43. The molecule has 1 aliphatic carbocycles. The lowest BCUT2D eigenvalue weighted by molar-refractivity contribution is 0.0694. The summed E-state index contributed by atoms with van der Waals surface area (Å²) >= 11 is 0. The van der Waals surface area contributed by atoms with E-state index < -0.39 is 11.4 Å². The molecule has 168 valence electrons. The number of aromatic carboxylic acids is 1. The van der Waals surface area contributed by atoms with Crippen molar-refractivity contribution in [2.75, 3.05) is 25.1 Å². The van der Waals surface area contributed by atoms with Gasteiger partial charge < -0.3 is 24.1 Å². The number of benzene rings is 1. The van der Waals surface area contributed by atoms with Crippen LogP contribution in [0.4, 0.5) is 5.69 Å².